The molecule has 104 valence electrons. The van der Waals surface area contributed by atoms with E-state index in [2.05, 4.69) is 0 Å². The summed E-state index contributed by atoms with van der Waals surface area (Å²) in [5.74, 6) is -0.743. The van der Waals surface area contributed by atoms with E-state index in [4.69, 9.17) is 5.73 Å². The molecule has 0 aromatic heterocycles. The van der Waals surface area contributed by atoms with Crippen LogP contribution in [0.5, 0.6) is 0 Å². The van der Waals surface area contributed by atoms with Gasteiger partial charge >= 0.3 is 0 Å². The Kier molecular flexibility index (Phi) is 3.62. The summed E-state index contributed by atoms with van der Waals surface area (Å²) in [4.78, 5) is 11.4. The number of sulfonamides is 1. The zero-order valence-corrected chi connectivity index (χ0v) is 11.3. The number of hydrogen-bond donors (Lipinski definition) is 2. The number of nitrogens with zero attached hydrogens (tertiary/aromatic N) is 1. The minimum absolute atomic E-state index is 0.0421. The van der Waals surface area contributed by atoms with Crippen LogP contribution in [0.15, 0.2) is 29.2 Å². The lowest BCUT2D eigenvalue weighted by Gasteiger charge is -2.21. The summed E-state index contributed by atoms with van der Waals surface area (Å²) >= 11 is 0. The van der Waals surface area contributed by atoms with Gasteiger partial charge in [-0.15, -0.1) is 0 Å². The van der Waals surface area contributed by atoms with E-state index < -0.39 is 28.1 Å². The molecule has 1 saturated heterocycles. The summed E-state index contributed by atoms with van der Waals surface area (Å²) in [6.45, 7) is 1.74. The molecule has 1 aliphatic rings. The summed E-state index contributed by atoms with van der Waals surface area (Å²) in [5.41, 5.74) is 6.13. The molecule has 7 heteroatoms. The topological polar surface area (TPSA) is 101 Å². The molecule has 1 aromatic rings. The molecule has 0 saturated carbocycles. The number of rotatable bonds is 3. The van der Waals surface area contributed by atoms with Crippen molar-refractivity contribution in [2.24, 2.45) is 5.73 Å². The maximum absolute atomic E-state index is 12.4. The standard InChI is InChI=1S/C12H16N2O4S/c1-8-2-4-10(5-3-8)19(17,18)14-7-9(15)6-11(14)12(13)16/h2-5,9,11,15H,6-7H2,1H3,(H2,13,16)/t9-,11-/m0/s1. The van der Waals surface area contributed by atoms with Crippen molar-refractivity contribution in [2.45, 2.75) is 30.4 Å². The van der Waals surface area contributed by atoms with Gasteiger partial charge in [-0.25, -0.2) is 8.42 Å². The van der Waals surface area contributed by atoms with Crippen molar-refractivity contribution in [2.75, 3.05) is 6.54 Å². The van der Waals surface area contributed by atoms with Crippen molar-refractivity contribution in [1.29, 1.82) is 0 Å². The van der Waals surface area contributed by atoms with Gasteiger partial charge in [0.25, 0.3) is 0 Å². The molecule has 0 radical (unpaired) electrons. The smallest absolute Gasteiger partial charge is 0.243 e. The third-order valence-corrected chi connectivity index (χ3v) is 5.08. The number of hydrogen-bond acceptors (Lipinski definition) is 4. The molecule has 1 amide bonds. The zero-order valence-electron chi connectivity index (χ0n) is 10.5. The number of carbonyl (C=O) groups excluding carboxylic acids is 1. The van der Waals surface area contributed by atoms with E-state index in [0.717, 1.165) is 9.87 Å². The summed E-state index contributed by atoms with van der Waals surface area (Å²) in [5, 5.41) is 9.56. The average molecular weight is 284 g/mol. The first-order valence-electron chi connectivity index (χ1n) is 5.88. The molecule has 0 unspecified atom stereocenters. The first-order chi connectivity index (χ1) is 8.82. The van der Waals surface area contributed by atoms with Gasteiger partial charge in [-0.1, -0.05) is 17.7 Å². The van der Waals surface area contributed by atoms with Crippen LogP contribution in [-0.2, 0) is 14.8 Å². The molecule has 19 heavy (non-hydrogen) atoms. The van der Waals surface area contributed by atoms with E-state index in [0.29, 0.717) is 0 Å². The molecule has 0 aliphatic carbocycles. The molecule has 2 rings (SSSR count). The Hall–Kier alpha value is -1.44. The predicted molar refractivity (Wildman–Crippen MR) is 68.7 cm³/mol. The second kappa shape index (κ2) is 4.92. The lowest BCUT2D eigenvalue weighted by Crippen LogP contribution is -2.43. The molecular formula is C12H16N2O4S. The van der Waals surface area contributed by atoms with E-state index in [-0.39, 0.29) is 17.9 Å². The van der Waals surface area contributed by atoms with E-state index in [9.17, 15) is 18.3 Å². The van der Waals surface area contributed by atoms with Gasteiger partial charge < -0.3 is 10.8 Å². The molecule has 0 bridgehead atoms. The quantitative estimate of drug-likeness (QED) is 0.789. The Morgan fingerprint density at radius 2 is 1.95 bits per heavy atom. The lowest BCUT2D eigenvalue weighted by atomic mass is 10.2. The first-order valence-corrected chi connectivity index (χ1v) is 7.32. The van der Waals surface area contributed by atoms with Crippen molar-refractivity contribution in [3.63, 3.8) is 0 Å². The zero-order chi connectivity index (χ0) is 14.2. The van der Waals surface area contributed by atoms with Crippen molar-refractivity contribution in [3.05, 3.63) is 29.8 Å². The second-order valence-electron chi connectivity index (χ2n) is 4.70. The molecule has 1 heterocycles. The van der Waals surface area contributed by atoms with Crippen LogP contribution < -0.4 is 5.73 Å². The Balaban J connectivity index is 2.38. The fraction of sp³-hybridized carbons (Fsp3) is 0.417. The highest BCUT2D eigenvalue weighted by molar-refractivity contribution is 7.89. The summed E-state index contributed by atoms with van der Waals surface area (Å²) in [6.07, 6.45) is -0.821. The fourth-order valence-electron chi connectivity index (χ4n) is 2.15. The van der Waals surface area contributed by atoms with Gasteiger partial charge in [-0.3, -0.25) is 4.79 Å². The van der Waals surface area contributed by atoms with E-state index in [1.165, 1.54) is 12.1 Å². The third-order valence-electron chi connectivity index (χ3n) is 3.19. The van der Waals surface area contributed by atoms with Crippen molar-refractivity contribution >= 4 is 15.9 Å². The molecule has 6 nitrogen and oxygen atoms in total. The number of nitrogens with two attached hydrogens (primary N) is 1. The summed E-state index contributed by atoms with van der Waals surface area (Å²) < 4.78 is 25.8. The largest absolute Gasteiger partial charge is 0.392 e. The molecular weight excluding hydrogens is 268 g/mol. The van der Waals surface area contributed by atoms with E-state index in [1.54, 1.807) is 12.1 Å². The van der Waals surface area contributed by atoms with Crippen LogP contribution in [0, 0.1) is 6.92 Å². The Morgan fingerprint density at radius 3 is 2.47 bits per heavy atom. The van der Waals surface area contributed by atoms with Crippen LogP contribution in [0.1, 0.15) is 12.0 Å². The van der Waals surface area contributed by atoms with Gasteiger partial charge in [0.2, 0.25) is 15.9 Å². The molecule has 3 N–H and O–H groups in total. The Labute approximate surface area is 111 Å². The molecule has 1 aliphatic heterocycles. The van der Waals surface area contributed by atoms with Gasteiger partial charge in [-0.05, 0) is 19.1 Å². The number of aliphatic hydroxyl groups excluding tert-OH is 1. The Morgan fingerprint density at radius 1 is 1.37 bits per heavy atom. The maximum atomic E-state index is 12.4. The van der Waals surface area contributed by atoms with Gasteiger partial charge in [0.1, 0.15) is 6.04 Å². The molecule has 1 fully saturated rings. The average Bonchev–Trinajstić information content (AvgIpc) is 2.73. The van der Waals surface area contributed by atoms with Crippen LogP contribution in [0.25, 0.3) is 0 Å². The third kappa shape index (κ3) is 2.63. The summed E-state index contributed by atoms with van der Waals surface area (Å²) in [7, 11) is -3.81. The maximum Gasteiger partial charge on any atom is 0.243 e. The monoisotopic (exact) mass is 284 g/mol. The van der Waals surface area contributed by atoms with Gasteiger partial charge in [0.15, 0.2) is 0 Å². The van der Waals surface area contributed by atoms with E-state index in [1.807, 2.05) is 6.92 Å². The van der Waals surface area contributed by atoms with E-state index >= 15 is 0 Å². The lowest BCUT2D eigenvalue weighted by molar-refractivity contribution is -0.121. The first kappa shape index (κ1) is 14.0. The number of amides is 1. The van der Waals surface area contributed by atoms with Crippen molar-refractivity contribution < 1.29 is 18.3 Å². The van der Waals surface area contributed by atoms with Crippen molar-refractivity contribution in [3.8, 4) is 0 Å². The van der Waals surface area contributed by atoms with Crippen LogP contribution in [0.4, 0.5) is 0 Å². The fourth-order valence-corrected chi connectivity index (χ4v) is 3.80. The SMILES string of the molecule is Cc1ccc(S(=O)(=O)N2C[C@@H](O)C[C@H]2C(N)=O)cc1. The minimum atomic E-state index is -3.81. The highest BCUT2D eigenvalue weighted by Gasteiger charge is 2.42. The van der Waals surface area contributed by atoms with Crippen LogP contribution in [0.3, 0.4) is 0 Å². The number of carbonyl (C=O) groups is 1. The molecule has 0 spiro atoms. The minimum Gasteiger partial charge on any atom is -0.392 e. The van der Waals surface area contributed by atoms with Crippen LogP contribution in [0.2, 0.25) is 0 Å². The van der Waals surface area contributed by atoms with Gasteiger partial charge in [0.05, 0.1) is 11.0 Å². The van der Waals surface area contributed by atoms with Crippen molar-refractivity contribution in [1.82, 2.24) is 4.31 Å². The highest BCUT2D eigenvalue weighted by atomic mass is 32.2. The Bertz CT molecular complexity index is 582. The molecule has 2 atom stereocenters. The van der Waals surface area contributed by atoms with Crippen LogP contribution >= 0.6 is 0 Å². The second-order valence-corrected chi connectivity index (χ2v) is 6.59. The van der Waals surface area contributed by atoms with Crippen LogP contribution in [-0.4, -0.2) is 42.4 Å². The number of aryl methyl sites for hydroxylation is 1. The normalized spacial score (nSPS) is 24.5. The number of primary amides is 1. The summed E-state index contributed by atoms with van der Waals surface area (Å²) in [6, 6.07) is 5.33. The van der Waals surface area contributed by atoms with Gasteiger partial charge in [-0.2, -0.15) is 4.31 Å². The molecule has 1 aromatic carbocycles. The number of benzene rings is 1. The highest BCUT2D eigenvalue weighted by Crippen LogP contribution is 2.26. The number of β-amino-alcohol motifs (C(OH)–C–C–N with tert-alkyl or cyclic N) is 1. The van der Waals surface area contributed by atoms with Gasteiger partial charge in [0, 0.05) is 13.0 Å². The number of aliphatic hydroxyl groups is 1. The predicted octanol–water partition coefficient (Wildman–Crippen LogP) is -0.396.